The maximum atomic E-state index is 15.4. The predicted molar refractivity (Wildman–Crippen MR) is 369 cm³/mol. The van der Waals surface area contributed by atoms with Gasteiger partial charge in [0.1, 0.15) is 23.4 Å². The van der Waals surface area contributed by atoms with Crippen LogP contribution in [0.5, 0.6) is 0 Å². The third-order valence-electron chi connectivity index (χ3n) is 17.9. The van der Waals surface area contributed by atoms with Crippen LogP contribution in [0.1, 0.15) is 199 Å². The zero-order valence-corrected chi connectivity index (χ0v) is 59.3. The SMILES string of the molecule is CCCO[C@H](C[C@H](C(C)C)N(CCC)C(=O)[C@@H](CC(=O)C([C@@H](C)CC)N(C)C(=O)OCc1ccc(NC(=O)[C@H](CCCNC(N)=O)CC(=O)[C@@H](NC(=O)CCCCCN2C(=O)C=CC2=O)C(C)C)cc1)[C@@H](C)CC)c1nc(C(=O)N[C@@H](Cc2ccccc2)C[C@H](C)C(=O)O)cs1. The Balaban J connectivity index is 1.45. The lowest BCUT2D eigenvalue weighted by Gasteiger charge is -2.40. The summed E-state index contributed by atoms with van der Waals surface area (Å²) in [6.45, 7) is 22.1. The second-order valence-electron chi connectivity index (χ2n) is 26.3. The molecular formula is C72H107N9O14S. The van der Waals surface area contributed by atoms with Gasteiger partial charge in [0.15, 0.2) is 11.6 Å². The molecule has 4 rings (SSSR count). The average molecular weight is 1350 g/mol. The summed E-state index contributed by atoms with van der Waals surface area (Å²) in [6, 6.07) is 12.8. The number of primary amides is 1. The molecule has 1 aliphatic heterocycles. The zero-order valence-electron chi connectivity index (χ0n) is 58.5. The quantitative estimate of drug-likeness (QED) is 0.0226. The largest absolute Gasteiger partial charge is 0.481 e. The van der Waals surface area contributed by atoms with E-state index < -0.39 is 71.9 Å². The smallest absolute Gasteiger partial charge is 0.410 e. The highest BCUT2D eigenvalue weighted by Crippen LogP contribution is 2.34. The number of aromatic nitrogens is 1. The Bertz CT molecular complexity index is 3050. The monoisotopic (exact) mass is 1350 g/mol. The van der Waals surface area contributed by atoms with Crippen molar-refractivity contribution in [1.29, 1.82) is 0 Å². The minimum absolute atomic E-state index is 0.0671. The molecule has 0 radical (unpaired) electrons. The van der Waals surface area contributed by atoms with Crippen LogP contribution in [-0.4, -0.2) is 147 Å². The fourth-order valence-corrected chi connectivity index (χ4v) is 12.7. The summed E-state index contributed by atoms with van der Waals surface area (Å²) < 4.78 is 12.3. The molecule has 10 atom stereocenters. The van der Waals surface area contributed by atoms with Gasteiger partial charge in [-0.2, -0.15) is 0 Å². The Morgan fingerprint density at radius 1 is 0.750 bits per heavy atom. The first kappa shape index (κ1) is 80.6. The van der Waals surface area contributed by atoms with Gasteiger partial charge in [-0.3, -0.25) is 48.1 Å². The molecule has 3 aromatic rings. The molecule has 0 fully saturated rings. The van der Waals surface area contributed by atoms with Crippen LogP contribution in [-0.2, 0) is 60.9 Å². The third-order valence-corrected chi connectivity index (χ3v) is 18.8. The van der Waals surface area contributed by atoms with Gasteiger partial charge in [0.2, 0.25) is 17.7 Å². The number of nitrogens with zero attached hydrogens (tertiary/aromatic N) is 4. The van der Waals surface area contributed by atoms with E-state index in [0.717, 1.165) is 10.5 Å². The van der Waals surface area contributed by atoms with Crippen molar-refractivity contribution in [3.05, 3.63) is 94.0 Å². The van der Waals surface area contributed by atoms with E-state index in [4.69, 9.17) is 20.2 Å². The Labute approximate surface area is 571 Å². The number of nitrogens with one attached hydrogen (secondary N) is 4. The number of amides is 9. The number of likely N-dealkylation sites (N-methyl/N-ethyl adjacent to an activating group) is 1. The highest BCUT2D eigenvalue weighted by atomic mass is 32.1. The van der Waals surface area contributed by atoms with Gasteiger partial charge in [-0.25, -0.2) is 14.6 Å². The van der Waals surface area contributed by atoms with Crippen molar-refractivity contribution in [3.63, 3.8) is 0 Å². The van der Waals surface area contributed by atoms with E-state index in [9.17, 15) is 53.1 Å². The summed E-state index contributed by atoms with van der Waals surface area (Å²) >= 11 is 1.29. The molecule has 1 unspecified atom stereocenters. The zero-order chi connectivity index (χ0) is 71.2. The first-order chi connectivity index (χ1) is 45.6. The van der Waals surface area contributed by atoms with Gasteiger partial charge < -0.3 is 51.4 Å². The number of imide groups is 1. The number of hydrogen-bond donors (Lipinski definition) is 6. The summed E-state index contributed by atoms with van der Waals surface area (Å²) in [5.74, 6) is -6.90. The van der Waals surface area contributed by atoms with Gasteiger partial charge in [0.05, 0.1) is 18.0 Å². The van der Waals surface area contributed by atoms with Gasteiger partial charge >= 0.3 is 18.1 Å². The molecule has 0 aliphatic carbocycles. The van der Waals surface area contributed by atoms with Crippen LogP contribution >= 0.6 is 11.3 Å². The number of unbranched alkanes of at least 4 members (excludes halogenated alkanes) is 2. The number of carboxylic acid groups (broad SMARTS) is 1. The Morgan fingerprint density at radius 3 is 2.01 bits per heavy atom. The summed E-state index contributed by atoms with van der Waals surface area (Å²) in [5.41, 5.74) is 7.38. The maximum absolute atomic E-state index is 15.4. The number of benzene rings is 2. The number of Topliss-reactive ketones (excluding diaryl/α,β-unsaturated/α-hetero) is 2. The third kappa shape index (κ3) is 25.9. The van der Waals surface area contributed by atoms with E-state index in [2.05, 4.69) is 21.3 Å². The molecular weight excluding hydrogens is 1250 g/mol. The first-order valence-corrected chi connectivity index (χ1v) is 35.2. The number of anilines is 1. The summed E-state index contributed by atoms with van der Waals surface area (Å²) in [7, 11) is 1.52. The maximum Gasteiger partial charge on any atom is 0.410 e. The summed E-state index contributed by atoms with van der Waals surface area (Å²) in [4.78, 5) is 155. The molecule has 1 aromatic heterocycles. The van der Waals surface area contributed by atoms with Crippen LogP contribution < -0.4 is 27.0 Å². The molecule has 7 N–H and O–H groups in total. The number of ether oxygens (including phenoxy) is 2. The number of urea groups is 1. The predicted octanol–water partition coefficient (Wildman–Crippen LogP) is 10.6. The molecule has 96 heavy (non-hydrogen) atoms. The van der Waals surface area contributed by atoms with Crippen LogP contribution in [0, 0.1) is 41.4 Å². The van der Waals surface area contributed by atoms with E-state index in [1.807, 2.05) is 90.6 Å². The van der Waals surface area contributed by atoms with Crippen molar-refractivity contribution in [2.45, 2.75) is 209 Å². The van der Waals surface area contributed by atoms with Crippen molar-refractivity contribution >= 4 is 82.1 Å². The van der Waals surface area contributed by atoms with Crippen LogP contribution in [0.3, 0.4) is 0 Å². The number of carbonyl (C=O) groups excluding carboxylic acids is 10. The van der Waals surface area contributed by atoms with Gasteiger partial charge in [-0.05, 0) is 98.3 Å². The molecule has 9 amide bonds. The molecule has 2 heterocycles. The first-order valence-electron chi connectivity index (χ1n) is 34.3. The fraction of sp³-hybridized carbons (Fsp3) is 0.611. The number of carbonyl (C=O) groups is 11. The minimum atomic E-state index is -0.954. The second kappa shape index (κ2) is 41.3. The number of nitrogens with two attached hydrogens (primary N) is 1. The summed E-state index contributed by atoms with van der Waals surface area (Å²) in [6.07, 6.45) is 6.49. The van der Waals surface area contributed by atoms with E-state index in [1.165, 1.54) is 35.4 Å². The number of hydrogen-bond acceptors (Lipinski definition) is 15. The average Bonchev–Trinajstić information content (AvgIpc) is 1.12. The number of carboxylic acids is 1. The molecule has 0 spiro atoms. The normalized spacial score (nSPS) is 15.3. The minimum Gasteiger partial charge on any atom is -0.481 e. The van der Waals surface area contributed by atoms with Gasteiger partial charge in [0.25, 0.3) is 17.7 Å². The molecule has 23 nitrogen and oxygen atoms in total. The summed E-state index contributed by atoms with van der Waals surface area (Å²) in [5, 5.41) is 23.3. The van der Waals surface area contributed by atoms with Crippen LogP contribution in [0.2, 0.25) is 0 Å². The van der Waals surface area contributed by atoms with Crippen LogP contribution in [0.4, 0.5) is 15.3 Å². The molecule has 0 saturated carbocycles. The number of ketones is 2. The van der Waals surface area contributed by atoms with E-state index in [0.29, 0.717) is 93.6 Å². The lowest BCUT2D eigenvalue weighted by molar-refractivity contribution is -0.145. The number of rotatable bonds is 45. The highest BCUT2D eigenvalue weighted by molar-refractivity contribution is 7.09. The van der Waals surface area contributed by atoms with Gasteiger partial charge in [0, 0.05) is 106 Å². The molecule has 2 aromatic carbocycles. The molecule has 0 bridgehead atoms. The van der Waals surface area contributed by atoms with Gasteiger partial charge in [-0.1, -0.05) is 138 Å². The molecule has 530 valence electrons. The molecule has 0 saturated heterocycles. The van der Waals surface area contributed by atoms with Crippen molar-refractivity contribution in [1.82, 2.24) is 35.6 Å². The fourth-order valence-electron chi connectivity index (χ4n) is 11.9. The Morgan fingerprint density at radius 2 is 1.42 bits per heavy atom. The standard InChI is InChI=1S/C72H107N9O14S/c1-13-35-80(57(45(5)6)42-60(94-37-14-2)68-77-56(44-96-68)67(88)76-54(38-49(11)70(90)91)39-50-24-19-17-20-25-50)69(89)55(47(9)15-3)41-59(83)65(48(10)16-4)79(12)72(93)95-43-51-28-30-53(31-29-51)75-66(87)52(26-23-34-74-71(73)92)40-58(82)64(46(7)8)78-61(84)27-21-18-22-36-81-62(85)32-33-63(81)86/h17,19-20,24-25,28-33,44-49,52,54-55,57,60,64-65H,13-16,18,21-23,26-27,34-43H2,1-12H3,(H,75,87)(H,76,88)(H,78,84)(H,90,91)(H3,73,74,92)/t47-,48-,49-,52+,54+,55-,57+,60+,64-,65?/m0/s1. The number of thiazole rings is 1. The highest BCUT2D eigenvalue weighted by Gasteiger charge is 2.41. The number of aliphatic carboxylic acids is 1. The van der Waals surface area contributed by atoms with Crippen LogP contribution in [0.15, 0.2) is 72.1 Å². The van der Waals surface area contributed by atoms with E-state index in [1.54, 1.807) is 50.4 Å². The topological polar surface area (TPSA) is 323 Å². The van der Waals surface area contributed by atoms with Crippen molar-refractivity contribution in [3.8, 4) is 0 Å². The lowest BCUT2D eigenvalue weighted by atomic mass is 9.81. The Kier molecular flexibility index (Phi) is 34.7. The van der Waals surface area contributed by atoms with E-state index in [-0.39, 0.29) is 122 Å². The molecule has 24 heteroatoms. The van der Waals surface area contributed by atoms with Crippen molar-refractivity contribution in [2.24, 2.45) is 47.2 Å². The van der Waals surface area contributed by atoms with Crippen molar-refractivity contribution < 1.29 is 67.3 Å². The lowest BCUT2D eigenvalue weighted by Crippen LogP contribution is -2.51. The molecule has 1 aliphatic rings. The Hall–Kier alpha value is -7.86. The van der Waals surface area contributed by atoms with E-state index >= 15 is 4.79 Å². The second-order valence-corrected chi connectivity index (χ2v) is 27.1. The van der Waals surface area contributed by atoms with Crippen LogP contribution in [0.25, 0.3) is 0 Å². The van der Waals surface area contributed by atoms with Crippen molar-refractivity contribution in [2.75, 3.05) is 38.6 Å². The van der Waals surface area contributed by atoms with Gasteiger partial charge in [-0.15, -0.1) is 11.3 Å².